The van der Waals surface area contributed by atoms with Crippen molar-refractivity contribution in [3.05, 3.63) is 0 Å². The molecule has 0 saturated carbocycles. The third-order valence-corrected chi connectivity index (χ3v) is 5.28. The predicted molar refractivity (Wildman–Crippen MR) is 101 cm³/mol. The summed E-state index contributed by atoms with van der Waals surface area (Å²) in [6.45, 7) is 12.6. The molecule has 0 unspecified atom stereocenters. The third-order valence-electron chi connectivity index (χ3n) is 4.72. The van der Waals surface area contributed by atoms with E-state index in [4.69, 9.17) is 0 Å². The first-order chi connectivity index (χ1) is 10.2. The molecule has 0 aliphatic heterocycles. The number of unbranched alkanes of at least 4 members (excludes halogenated alkanes) is 7. The van der Waals surface area contributed by atoms with Crippen LogP contribution in [-0.2, 0) is 0 Å². The zero-order valence-corrected chi connectivity index (χ0v) is 19.3. The van der Waals surface area contributed by atoms with Gasteiger partial charge in [-0.15, -0.1) is 0 Å². The van der Waals surface area contributed by atoms with Crippen LogP contribution in [-0.4, -0.2) is 36.0 Å². The van der Waals surface area contributed by atoms with E-state index in [1.807, 2.05) is 0 Å². The molecule has 0 fully saturated rings. The molecule has 0 amide bonds. The van der Waals surface area contributed by atoms with Gasteiger partial charge in [0.25, 0.3) is 0 Å². The highest BCUT2D eigenvalue weighted by Gasteiger charge is 2.25. The highest BCUT2D eigenvalue weighted by atomic mass is 127. The van der Waals surface area contributed by atoms with Gasteiger partial charge in [0.2, 0.25) is 0 Å². The van der Waals surface area contributed by atoms with Crippen molar-refractivity contribution in [2.24, 2.45) is 0 Å². The predicted octanol–water partition coefficient (Wildman–Crippen LogP) is 3.55. The smallest absolute Gasteiger partial charge is 0.0794 e. The molecule has 3 heteroatoms. The highest BCUT2D eigenvalue weighted by molar-refractivity contribution is 9.09. The first-order valence-electron chi connectivity index (χ1n) is 9.65. The topological polar surface area (TPSA) is 0 Å². The van der Waals surface area contributed by atoms with Crippen LogP contribution in [0.25, 0.3) is 0 Å². The van der Waals surface area contributed by atoms with Crippen molar-refractivity contribution < 1.29 is 28.5 Å². The first kappa shape index (κ1) is 25.4. The first-order valence-corrected chi connectivity index (χ1v) is 10.8. The number of alkyl halides is 1. The number of nitrogens with zero attached hydrogens (tertiary/aromatic N) is 1. The summed E-state index contributed by atoms with van der Waals surface area (Å²) >= 11 is 3.65. The second kappa shape index (κ2) is 18.5. The van der Waals surface area contributed by atoms with Crippen molar-refractivity contribution in [1.82, 2.24) is 0 Å². The largest absolute Gasteiger partial charge is 1.00 e. The van der Waals surface area contributed by atoms with Crippen molar-refractivity contribution in [1.29, 1.82) is 0 Å². The van der Waals surface area contributed by atoms with Crippen LogP contribution in [0.5, 0.6) is 0 Å². The van der Waals surface area contributed by atoms with Gasteiger partial charge in [0.05, 0.1) is 26.2 Å². The Labute approximate surface area is 166 Å². The van der Waals surface area contributed by atoms with Crippen molar-refractivity contribution in [3.8, 4) is 0 Å². The molecular weight excluding hydrogens is 449 g/mol. The van der Waals surface area contributed by atoms with Crippen molar-refractivity contribution in [2.45, 2.75) is 91.4 Å². The van der Waals surface area contributed by atoms with Crippen LogP contribution in [0.4, 0.5) is 0 Å². The van der Waals surface area contributed by atoms with Crippen LogP contribution >= 0.6 is 15.9 Å². The maximum Gasteiger partial charge on any atom is 0.0794 e. The van der Waals surface area contributed by atoms with Gasteiger partial charge < -0.3 is 28.5 Å². The Balaban J connectivity index is 0. The van der Waals surface area contributed by atoms with Crippen LogP contribution in [0.2, 0.25) is 0 Å². The molecule has 0 rings (SSSR count). The van der Waals surface area contributed by atoms with Crippen molar-refractivity contribution in [2.75, 3.05) is 31.5 Å². The highest BCUT2D eigenvalue weighted by Crippen LogP contribution is 2.18. The Hall–Kier alpha value is 1.17. The van der Waals surface area contributed by atoms with Crippen LogP contribution in [0.15, 0.2) is 0 Å². The second-order valence-corrected chi connectivity index (χ2v) is 7.55. The summed E-state index contributed by atoms with van der Waals surface area (Å²) in [5, 5.41) is 1.17. The van der Waals surface area contributed by atoms with Gasteiger partial charge in [-0.25, -0.2) is 0 Å². The normalized spacial score (nSPS) is 11.5. The van der Waals surface area contributed by atoms with E-state index in [2.05, 4.69) is 36.7 Å². The minimum Gasteiger partial charge on any atom is -1.00 e. The maximum absolute atomic E-state index is 3.65. The van der Waals surface area contributed by atoms with Crippen LogP contribution in [0.3, 0.4) is 0 Å². The van der Waals surface area contributed by atoms with Gasteiger partial charge in [0.15, 0.2) is 0 Å². The van der Waals surface area contributed by atoms with E-state index >= 15 is 0 Å². The molecule has 1 nitrogen and oxygen atoms in total. The SMILES string of the molecule is CCCCCC[N+](CCCC)(CCCBr)CCCCCC.[I-]. The molecule has 0 aromatic rings. The monoisotopic (exact) mass is 489 g/mol. The summed E-state index contributed by atoms with van der Waals surface area (Å²) in [5.41, 5.74) is 0. The standard InChI is InChI=1S/C19H41BrN.HI/c1-4-7-10-12-17-21(16-9-6-3,19-14-15-20)18-13-11-8-5-2;/h4-19H2,1-3H3;1H/q+1;/p-1. The van der Waals surface area contributed by atoms with Crippen LogP contribution in [0.1, 0.15) is 91.4 Å². The lowest BCUT2D eigenvalue weighted by Crippen LogP contribution is -3.00. The lowest BCUT2D eigenvalue weighted by Gasteiger charge is -2.39. The van der Waals surface area contributed by atoms with Gasteiger partial charge in [-0.3, -0.25) is 0 Å². The van der Waals surface area contributed by atoms with E-state index in [-0.39, 0.29) is 24.0 Å². The maximum atomic E-state index is 3.65. The molecule has 0 aliphatic rings. The second-order valence-electron chi connectivity index (χ2n) is 6.75. The number of halogens is 2. The molecule has 0 heterocycles. The van der Waals surface area contributed by atoms with Gasteiger partial charge >= 0.3 is 0 Å². The fraction of sp³-hybridized carbons (Fsp3) is 1.00. The Morgan fingerprint density at radius 1 is 0.545 bits per heavy atom. The fourth-order valence-electron chi connectivity index (χ4n) is 3.31. The molecule has 0 spiro atoms. The molecule has 0 bridgehead atoms. The summed E-state index contributed by atoms with van der Waals surface area (Å²) in [6, 6.07) is 0. The zero-order valence-electron chi connectivity index (χ0n) is 15.5. The molecular formula is C19H41BrIN. The molecule has 0 aromatic carbocycles. The molecule has 0 N–H and O–H groups in total. The lowest BCUT2D eigenvalue weighted by molar-refractivity contribution is -0.928. The molecule has 0 saturated heterocycles. The fourth-order valence-corrected chi connectivity index (χ4v) is 3.56. The zero-order chi connectivity index (χ0) is 15.8. The van der Waals surface area contributed by atoms with Gasteiger partial charge in [0.1, 0.15) is 0 Å². The van der Waals surface area contributed by atoms with Crippen LogP contribution < -0.4 is 24.0 Å². The Morgan fingerprint density at radius 2 is 0.955 bits per heavy atom. The molecule has 0 aliphatic carbocycles. The lowest BCUT2D eigenvalue weighted by atomic mass is 10.1. The molecule has 0 aromatic heterocycles. The van der Waals surface area contributed by atoms with Gasteiger partial charge in [-0.05, 0) is 32.1 Å². The van der Waals surface area contributed by atoms with Crippen molar-refractivity contribution in [3.63, 3.8) is 0 Å². The average molecular weight is 490 g/mol. The minimum atomic E-state index is 0. The van der Waals surface area contributed by atoms with Crippen molar-refractivity contribution >= 4 is 15.9 Å². The van der Waals surface area contributed by atoms with E-state index < -0.39 is 0 Å². The van der Waals surface area contributed by atoms with E-state index in [0.717, 1.165) is 0 Å². The van der Waals surface area contributed by atoms with E-state index in [0.29, 0.717) is 0 Å². The number of rotatable bonds is 16. The number of hydrogen-bond acceptors (Lipinski definition) is 0. The third kappa shape index (κ3) is 13.6. The molecule has 22 heavy (non-hydrogen) atoms. The summed E-state index contributed by atoms with van der Waals surface area (Å²) < 4.78 is 1.41. The van der Waals surface area contributed by atoms with E-state index in [1.165, 1.54) is 107 Å². The Kier molecular flexibility index (Phi) is 21.4. The van der Waals surface area contributed by atoms with Gasteiger partial charge in [-0.1, -0.05) is 68.8 Å². The summed E-state index contributed by atoms with van der Waals surface area (Å²) in [7, 11) is 0. The Bertz CT molecular complexity index is 190. The van der Waals surface area contributed by atoms with Crippen LogP contribution in [0, 0.1) is 0 Å². The quantitative estimate of drug-likeness (QED) is 0.134. The van der Waals surface area contributed by atoms with Gasteiger partial charge in [-0.2, -0.15) is 0 Å². The summed E-state index contributed by atoms with van der Waals surface area (Å²) in [5.74, 6) is 0. The molecule has 136 valence electrons. The molecule has 0 atom stereocenters. The van der Waals surface area contributed by atoms with E-state index in [1.54, 1.807) is 0 Å². The number of hydrogen-bond donors (Lipinski definition) is 0. The summed E-state index contributed by atoms with van der Waals surface area (Å²) in [4.78, 5) is 0. The average Bonchev–Trinajstić information content (AvgIpc) is 2.51. The molecule has 0 radical (unpaired) electrons. The summed E-state index contributed by atoms with van der Waals surface area (Å²) in [6.07, 6.45) is 15.4. The minimum absolute atomic E-state index is 0. The van der Waals surface area contributed by atoms with E-state index in [9.17, 15) is 0 Å². The van der Waals surface area contributed by atoms with Gasteiger partial charge in [0, 0.05) is 11.8 Å². The Morgan fingerprint density at radius 3 is 1.36 bits per heavy atom. The number of quaternary nitrogens is 1.